The Morgan fingerprint density at radius 2 is 1.60 bits per heavy atom. The first-order valence-corrected chi connectivity index (χ1v) is 12.7. The summed E-state index contributed by atoms with van der Waals surface area (Å²) in [5.74, 6) is -1.47. The summed E-state index contributed by atoms with van der Waals surface area (Å²) >= 11 is 0. The highest BCUT2D eigenvalue weighted by atomic mass is 19.1. The molecule has 0 aliphatic heterocycles. The lowest BCUT2D eigenvalue weighted by Crippen LogP contribution is -2.29. The molecule has 0 radical (unpaired) electrons. The van der Waals surface area contributed by atoms with Crippen LogP contribution in [0.4, 0.5) is 8.78 Å². The van der Waals surface area contributed by atoms with Crippen molar-refractivity contribution in [2.45, 2.75) is 38.6 Å². The summed E-state index contributed by atoms with van der Waals surface area (Å²) in [7, 11) is 3.10. The third-order valence-electron chi connectivity index (χ3n) is 6.19. The summed E-state index contributed by atoms with van der Waals surface area (Å²) in [4.78, 5) is 34.2. The number of halogens is 2. The molecule has 9 nitrogen and oxygen atoms in total. The lowest BCUT2D eigenvalue weighted by molar-refractivity contribution is -0.134. The molecule has 0 spiro atoms. The lowest BCUT2D eigenvalue weighted by atomic mass is 9.90. The second kappa shape index (κ2) is 12.5. The number of pyridine rings is 1. The molecule has 0 aliphatic carbocycles. The monoisotopic (exact) mass is 549 g/mol. The Bertz CT molecular complexity index is 1440. The Balaban J connectivity index is 1.64. The second-order valence-corrected chi connectivity index (χ2v) is 9.10. The highest BCUT2D eigenvalue weighted by Crippen LogP contribution is 2.33. The van der Waals surface area contributed by atoms with E-state index in [9.17, 15) is 18.4 Å². The van der Waals surface area contributed by atoms with Crippen molar-refractivity contribution >= 4 is 11.9 Å². The number of carbonyl (C=O) groups is 2. The van der Waals surface area contributed by atoms with E-state index in [4.69, 9.17) is 14.5 Å². The molecule has 0 bridgehead atoms. The van der Waals surface area contributed by atoms with Gasteiger partial charge in [-0.1, -0.05) is 31.2 Å². The predicted molar refractivity (Wildman–Crippen MR) is 142 cm³/mol. The molecule has 4 aromatic rings. The van der Waals surface area contributed by atoms with Crippen molar-refractivity contribution in [1.82, 2.24) is 25.1 Å². The Kier molecular flexibility index (Phi) is 8.83. The standard InChI is InChI=1S/C29H29F2N5O4/c1-5-6-23(37)40-26-22(39-4)15-16-32-25(26)29(38)33-17(2)27-34-28(36(3)35-27)24(18-7-11-20(30)12-8-18)19-9-13-21(31)14-10-19/h7-17,24H,5-6H2,1-4H3,(H,33,38)/t17-/m0/s1. The van der Waals surface area contributed by atoms with Gasteiger partial charge in [0.1, 0.15) is 17.5 Å². The van der Waals surface area contributed by atoms with E-state index >= 15 is 0 Å². The van der Waals surface area contributed by atoms with Crippen LogP contribution in [0.25, 0.3) is 0 Å². The van der Waals surface area contributed by atoms with Crippen LogP contribution < -0.4 is 14.8 Å². The number of rotatable bonds is 10. The number of amides is 1. The largest absolute Gasteiger partial charge is 0.493 e. The molecular weight excluding hydrogens is 520 g/mol. The summed E-state index contributed by atoms with van der Waals surface area (Å²) in [5, 5.41) is 7.30. The number of carbonyl (C=O) groups excluding carboxylic acids is 2. The number of aryl methyl sites for hydroxylation is 1. The van der Waals surface area contributed by atoms with Crippen LogP contribution >= 0.6 is 0 Å². The van der Waals surface area contributed by atoms with E-state index in [1.54, 1.807) is 42.9 Å². The van der Waals surface area contributed by atoms with E-state index in [-0.39, 0.29) is 35.2 Å². The fraction of sp³-hybridized carbons (Fsp3) is 0.276. The predicted octanol–water partition coefficient (Wildman–Crippen LogP) is 4.87. The number of nitrogens with zero attached hydrogens (tertiary/aromatic N) is 4. The number of ether oxygens (including phenoxy) is 2. The topological polar surface area (TPSA) is 108 Å². The molecule has 1 atom stereocenters. The fourth-order valence-corrected chi connectivity index (χ4v) is 4.20. The van der Waals surface area contributed by atoms with Gasteiger partial charge in [0.2, 0.25) is 5.75 Å². The molecule has 0 fully saturated rings. The van der Waals surface area contributed by atoms with Gasteiger partial charge in [0.25, 0.3) is 5.91 Å². The Hall–Kier alpha value is -4.67. The van der Waals surface area contributed by atoms with Crippen LogP contribution in [-0.2, 0) is 11.8 Å². The highest BCUT2D eigenvalue weighted by Gasteiger charge is 2.27. The lowest BCUT2D eigenvalue weighted by Gasteiger charge is -2.17. The van der Waals surface area contributed by atoms with Crippen LogP contribution in [0.15, 0.2) is 60.8 Å². The van der Waals surface area contributed by atoms with Crippen molar-refractivity contribution < 1.29 is 27.8 Å². The zero-order chi connectivity index (χ0) is 28.8. The minimum absolute atomic E-state index is 0.0736. The van der Waals surface area contributed by atoms with Crippen molar-refractivity contribution in [2.75, 3.05) is 7.11 Å². The second-order valence-electron chi connectivity index (χ2n) is 9.10. The van der Waals surface area contributed by atoms with Crippen LogP contribution in [0, 0.1) is 11.6 Å². The molecule has 1 amide bonds. The van der Waals surface area contributed by atoms with E-state index in [1.807, 2.05) is 6.92 Å². The molecular formula is C29H29F2N5O4. The number of hydrogen-bond acceptors (Lipinski definition) is 7. The molecule has 2 heterocycles. The van der Waals surface area contributed by atoms with Gasteiger partial charge in [-0.25, -0.2) is 18.7 Å². The molecule has 2 aromatic heterocycles. The number of nitrogens with one attached hydrogen (secondary N) is 1. The van der Waals surface area contributed by atoms with Crippen molar-refractivity contribution in [3.8, 4) is 11.5 Å². The van der Waals surface area contributed by atoms with Gasteiger partial charge in [-0.2, -0.15) is 5.10 Å². The average Bonchev–Trinajstić information content (AvgIpc) is 3.32. The van der Waals surface area contributed by atoms with Crippen LogP contribution in [0.2, 0.25) is 0 Å². The molecule has 208 valence electrons. The first-order valence-electron chi connectivity index (χ1n) is 12.7. The SMILES string of the molecule is CCCC(=O)Oc1c(OC)ccnc1C(=O)N[C@@H](C)c1nc(C(c2ccc(F)cc2)c2ccc(F)cc2)n(C)n1. The van der Waals surface area contributed by atoms with Crippen LogP contribution in [0.1, 0.15) is 71.9 Å². The summed E-state index contributed by atoms with van der Waals surface area (Å²) in [5.41, 5.74) is 1.33. The maximum Gasteiger partial charge on any atom is 0.311 e. The molecule has 0 unspecified atom stereocenters. The molecule has 40 heavy (non-hydrogen) atoms. The van der Waals surface area contributed by atoms with E-state index in [2.05, 4.69) is 15.4 Å². The van der Waals surface area contributed by atoms with Gasteiger partial charge in [-0.3, -0.25) is 14.3 Å². The van der Waals surface area contributed by atoms with E-state index in [1.165, 1.54) is 43.6 Å². The summed E-state index contributed by atoms with van der Waals surface area (Å²) in [6.07, 6.45) is 2.12. The normalized spacial score (nSPS) is 11.8. The molecule has 11 heteroatoms. The molecule has 0 saturated carbocycles. The van der Waals surface area contributed by atoms with Crippen LogP contribution in [0.5, 0.6) is 11.5 Å². The smallest absolute Gasteiger partial charge is 0.311 e. The Morgan fingerprint density at radius 3 is 2.15 bits per heavy atom. The molecule has 0 aliphatic rings. The maximum absolute atomic E-state index is 13.7. The number of benzene rings is 2. The minimum Gasteiger partial charge on any atom is -0.493 e. The van der Waals surface area contributed by atoms with Crippen LogP contribution in [0.3, 0.4) is 0 Å². The number of hydrogen-bond donors (Lipinski definition) is 1. The van der Waals surface area contributed by atoms with E-state index < -0.39 is 23.8 Å². The summed E-state index contributed by atoms with van der Waals surface area (Å²) in [6, 6.07) is 12.7. The van der Waals surface area contributed by atoms with Gasteiger partial charge in [0.15, 0.2) is 17.3 Å². The quantitative estimate of drug-likeness (QED) is 0.281. The van der Waals surface area contributed by atoms with Gasteiger partial charge >= 0.3 is 5.97 Å². The third-order valence-corrected chi connectivity index (χ3v) is 6.19. The van der Waals surface area contributed by atoms with Gasteiger partial charge in [0.05, 0.1) is 19.1 Å². The van der Waals surface area contributed by atoms with Crippen molar-refractivity contribution in [1.29, 1.82) is 0 Å². The minimum atomic E-state index is -0.679. The van der Waals surface area contributed by atoms with E-state index in [0.29, 0.717) is 18.1 Å². The van der Waals surface area contributed by atoms with Crippen molar-refractivity contribution in [3.63, 3.8) is 0 Å². The molecule has 1 N–H and O–H groups in total. The summed E-state index contributed by atoms with van der Waals surface area (Å²) in [6.45, 7) is 3.53. The van der Waals surface area contributed by atoms with Crippen molar-refractivity contribution in [3.05, 3.63) is 101 Å². The maximum atomic E-state index is 13.7. The summed E-state index contributed by atoms with van der Waals surface area (Å²) < 4.78 is 39.6. The van der Waals surface area contributed by atoms with Crippen molar-refractivity contribution in [2.24, 2.45) is 7.05 Å². The highest BCUT2D eigenvalue weighted by molar-refractivity contribution is 5.96. The van der Waals surface area contributed by atoms with E-state index in [0.717, 1.165) is 11.1 Å². The number of esters is 1. The van der Waals surface area contributed by atoms with Crippen LogP contribution in [-0.4, -0.2) is 38.7 Å². The molecule has 0 saturated heterocycles. The van der Waals surface area contributed by atoms with Gasteiger partial charge in [0, 0.05) is 25.7 Å². The van der Waals surface area contributed by atoms with Gasteiger partial charge < -0.3 is 14.8 Å². The van der Waals surface area contributed by atoms with Gasteiger partial charge in [-0.15, -0.1) is 0 Å². The Labute approximate surface area is 230 Å². The zero-order valence-corrected chi connectivity index (χ0v) is 22.5. The molecule has 4 rings (SSSR count). The average molecular weight is 550 g/mol. The first kappa shape index (κ1) is 28.3. The number of methoxy groups -OCH3 is 1. The third kappa shape index (κ3) is 6.31. The number of aromatic nitrogens is 4. The zero-order valence-electron chi connectivity index (χ0n) is 22.5. The first-order chi connectivity index (χ1) is 19.2. The van der Waals surface area contributed by atoms with Gasteiger partial charge in [-0.05, 0) is 48.7 Å². The Morgan fingerprint density at radius 1 is 1.00 bits per heavy atom. The molecule has 2 aromatic carbocycles. The fourth-order valence-electron chi connectivity index (χ4n) is 4.20.